The predicted octanol–water partition coefficient (Wildman–Crippen LogP) is 1.68. The maximum absolute atomic E-state index is 12.4. The predicted molar refractivity (Wildman–Crippen MR) is 78.6 cm³/mol. The fourth-order valence-corrected chi connectivity index (χ4v) is 2.54. The Morgan fingerprint density at radius 1 is 1.47 bits per heavy atom. The molecule has 0 aromatic carbocycles. The summed E-state index contributed by atoms with van der Waals surface area (Å²) in [7, 11) is 1.89. The molecule has 1 aliphatic heterocycles. The van der Waals surface area contributed by atoms with Gasteiger partial charge in [-0.05, 0) is 45.1 Å². The summed E-state index contributed by atoms with van der Waals surface area (Å²) in [5.74, 6) is 1.05. The molecule has 2 rings (SSSR count). The molecule has 0 aromatic rings. The molecule has 2 fully saturated rings. The smallest absolute Gasteiger partial charge is 0.229 e. The van der Waals surface area contributed by atoms with Gasteiger partial charge in [0.1, 0.15) is 0 Å². The highest BCUT2D eigenvalue weighted by Crippen LogP contribution is 2.29. The topological polar surface area (TPSA) is 41.6 Å². The largest absolute Gasteiger partial charge is 0.379 e. The highest BCUT2D eigenvalue weighted by Gasteiger charge is 2.36. The molecule has 0 aromatic heterocycles. The molecular weight excluding hydrogens is 264 g/mol. The maximum atomic E-state index is 12.4. The monoisotopic (exact) mass is 290 g/mol. The van der Waals surface area contributed by atoms with E-state index < -0.39 is 0 Å². The van der Waals surface area contributed by atoms with Crippen LogP contribution in [0.1, 0.15) is 32.6 Å². The first kappa shape index (κ1) is 16.7. The van der Waals surface area contributed by atoms with Gasteiger partial charge in [0.2, 0.25) is 5.91 Å². The third-order valence-corrected chi connectivity index (χ3v) is 4.08. The highest BCUT2D eigenvalue weighted by molar-refractivity contribution is 5.85. The van der Waals surface area contributed by atoms with E-state index in [2.05, 4.69) is 12.2 Å². The SMILES string of the molecule is CN(CCOCC1CC1)C(=O)C1(C)CCCNC1.Cl. The van der Waals surface area contributed by atoms with Gasteiger partial charge in [0.15, 0.2) is 0 Å². The van der Waals surface area contributed by atoms with E-state index in [-0.39, 0.29) is 23.7 Å². The maximum Gasteiger partial charge on any atom is 0.229 e. The molecule has 1 amide bonds. The van der Waals surface area contributed by atoms with E-state index in [1.54, 1.807) is 0 Å². The number of ether oxygens (including phenoxy) is 1. The van der Waals surface area contributed by atoms with Crippen molar-refractivity contribution in [1.82, 2.24) is 10.2 Å². The lowest BCUT2D eigenvalue weighted by atomic mass is 9.81. The molecule has 1 N–H and O–H groups in total. The second kappa shape index (κ2) is 7.46. The minimum atomic E-state index is -0.219. The number of amides is 1. The van der Waals surface area contributed by atoms with Gasteiger partial charge in [-0.1, -0.05) is 0 Å². The van der Waals surface area contributed by atoms with Gasteiger partial charge in [-0.2, -0.15) is 0 Å². The van der Waals surface area contributed by atoms with Crippen molar-refractivity contribution in [1.29, 1.82) is 0 Å². The minimum Gasteiger partial charge on any atom is -0.379 e. The van der Waals surface area contributed by atoms with Crippen LogP contribution in [-0.2, 0) is 9.53 Å². The lowest BCUT2D eigenvalue weighted by Crippen LogP contribution is -2.49. The van der Waals surface area contributed by atoms with Crippen molar-refractivity contribution in [2.75, 3.05) is 39.9 Å². The molecule has 112 valence electrons. The summed E-state index contributed by atoms with van der Waals surface area (Å²) in [5, 5.41) is 3.32. The molecule has 1 saturated heterocycles. The molecular formula is C14H27ClN2O2. The summed E-state index contributed by atoms with van der Waals surface area (Å²) in [6.07, 6.45) is 4.72. The summed E-state index contributed by atoms with van der Waals surface area (Å²) in [5.41, 5.74) is -0.219. The van der Waals surface area contributed by atoms with Crippen LogP contribution in [0.15, 0.2) is 0 Å². The molecule has 1 aliphatic carbocycles. The van der Waals surface area contributed by atoms with Gasteiger partial charge in [0, 0.05) is 26.7 Å². The Balaban J connectivity index is 0.00000180. The fourth-order valence-electron chi connectivity index (χ4n) is 2.54. The number of piperidine rings is 1. The number of carbonyl (C=O) groups is 1. The average Bonchev–Trinajstić information content (AvgIpc) is 3.18. The summed E-state index contributed by atoms with van der Waals surface area (Å²) in [6.45, 7) is 6.17. The first-order valence-electron chi connectivity index (χ1n) is 7.16. The normalized spacial score (nSPS) is 26.6. The van der Waals surface area contributed by atoms with Crippen molar-refractivity contribution in [2.24, 2.45) is 11.3 Å². The summed E-state index contributed by atoms with van der Waals surface area (Å²) in [6, 6.07) is 0. The fraction of sp³-hybridized carbons (Fsp3) is 0.929. The van der Waals surface area contributed by atoms with Crippen LogP contribution in [0.2, 0.25) is 0 Å². The van der Waals surface area contributed by atoms with Gasteiger partial charge < -0.3 is 15.0 Å². The van der Waals surface area contributed by atoms with Crippen molar-refractivity contribution >= 4 is 18.3 Å². The van der Waals surface area contributed by atoms with E-state index >= 15 is 0 Å². The van der Waals surface area contributed by atoms with Crippen molar-refractivity contribution in [3.05, 3.63) is 0 Å². The van der Waals surface area contributed by atoms with E-state index in [4.69, 9.17) is 4.74 Å². The summed E-state index contributed by atoms with van der Waals surface area (Å²) < 4.78 is 5.59. The van der Waals surface area contributed by atoms with Crippen LogP contribution >= 0.6 is 12.4 Å². The number of likely N-dealkylation sites (N-methyl/N-ethyl adjacent to an activating group) is 1. The third-order valence-electron chi connectivity index (χ3n) is 4.08. The standard InChI is InChI=1S/C14H26N2O2.ClH/c1-14(6-3-7-15-11-14)13(17)16(2)8-9-18-10-12-4-5-12;/h12,15H,3-11H2,1-2H3;1H. The van der Waals surface area contributed by atoms with Crippen molar-refractivity contribution in [3.8, 4) is 0 Å². The zero-order valence-electron chi connectivity index (χ0n) is 12.1. The second-order valence-electron chi connectivity index (χ2n) is 6.09. The van der Waals surface area contributed by atoms with Gasteiger partial charge >= 0.3 is 0 Å². The first-order chi connectivity index (χ1) is 8.62. The van der Waals surface area contributed by atoms with Crippen LogP contribution in [0.3, 0.4) is 0 Å². The molecule has 1 atom stereocenters. The number of rotatable bonds is 6. The van der Waals surface area contributed by atoms with E-state index in [0.717, 1.165) is 38.5 Å². The summed E-state index contributed by atoms with van der Waals surface area (Å²) in [4.78, 5) is 14.2. The van der Waals surface area contributed by atoms with Crippen LogP contribution in [-0.4, -0.2) is 50.7 Å². The second-order valence-corrected chi connectivity index (χ2v) is 6.09. The van der Waals surface area contributed by atoms with E-state index in [9.17, 15) is 4.79 Å². The Hall–Kier alpha value is -0.320. The Labute approximate surface area is 122 Å². The van der Waals surface area contributed by atoms with Gasteiger partial charge in [0.25, 0.3) is 0 Å². The number of hydrogen-bond acceptors (Lipinski definition) is 3. The zero-order valence-corrected chi connectivity index (χ0v) is 12.9. The molecule has 2 aliphatic rings. The van der Waals surface area contributed by atoms with E-state index in [1.807, 2.05) is 11.9 Å². The van der Waals surface area contributed by atoms with Crippen LogP contribution < -0.4 is 5.32 Å². The Kier molecular flexibility index (Phi) is 6.57. The van der Waals surface area contributed by atoms with Gasteiger partial charge in [0.05, 0.1) is 12.0 Å². The molecule has 19 heavy (non-hydrogen) atoms. The quantitative estimate of drug-likeness (QED) is 0.757. The van der Waals surface area contributed by atoms with Crippen molar-refractivity contribution in [2.45, 2.75) is 32.6 Å². The first-order valence-corrected chi connectivity index (χ1v) is 7.16. The van der Waals surface area contributed by atoms with Gasteiger partial charge in [-0.25, -0.2) is 0 Å². The Bertz CT molecular complexity index is 289. The zero-order chi connectivity index (χ0) is 13.0. The van der Waals surface area contributed by atoms with Gasteiger partial charge in [-0.15, -0.1) is 12.4 Å². The average molecular weight is 291 g/mol. The van der Waals surface area contributed by atoms with Crippen LogP contribution in [0, 0.1) is 11.3 Å². The van der Waals surface area contributed by atoms with Crippen LogP contribution in [0.4, 0.5) is 0 Å². The molecule has 1 unspecified atom stereocenters. The number of nitrogens with one attached hydrogen (secondary N) is 1. The molecule has 1 saturated carbocycles. The molecule has 0 radical (unpaired) electrons. The van der Waals surface area contributed by atoms with E-state index in [1.165, 1.54) is 12.8 Å². The number of nitrogens with zero attached hydrogens (tertiary/aromatic N) is 1. The highest BCUT2D eigenvalue weighted by atomic mass is 35.5. The third kappa shape index (κ3) is 4.93. The van der Waals surface area contributed by atoms with Crippen molar-refractivity contribution < 1.29 is 9.53 Å². The molecule has 4 nitrogen and oxygen atoms in total. The molecule has 0 spiro atoms. The molecule has 1 heterocycles. The summed E-state index contributed by atoms with van der Waals surface area (Å²) >= 11 is 0. The Morgan fingerprint density at radius 2 is 2.21 bits per heavy atom. The number of carbonyl (C=O) groups excluding carboxylic acids is 1. The lowest BCUT2D eigenvalue weighted by molar-refractivity contribution is -0.141. The van der Waals surface area contributed by atoms with Crippen LogP contribution in [0.5, 0.6) is 0 Å². The molecule has 0 bridgehead atoms. The molecule has 5 heteroatoms. The van der Waals surface area contributed by atoms with Gasteiger partial charge in [-0.3, -0.25) is 4.79 Å². The number of hydrogen-bond donors (Lipinski definition) is 1. The minimum absolute atomic E-state index is 0. The van der Waals surface area contributed by atoms with E-state index in [0.29, 0.717) is 13.2 Å². The van der Waals surface area contributed by atoms with Crippen molar-refractivity contribution in [3.63, 3.8) is 0 Å². The number of halogens is 1. The Morgan fingerprint density at radius 3 is 2.79 bits per heavy atom. The van der Waals surface area contributed by atoms with Crippen LogP contribution in [0.25, 0.3) is 0 Å². The lowest BCUT2D eigenvalue weighted by Gasteiger charge is -2.36.